The molecule has 1 atom stereocenters. The van der Waals surface area contributed by atoms with Gasteiger partial charge in [0.25, 0.3) is 5.91 Å². The smallest absolute Gasteiger partial charge is 0.251 e. The number of hydrogen-bond donors (Lipinski definition) is 1. The molecule has 2 fully saturated rings. The average Bonchev–Trinajstić information content (AvgIpc) is 3.03. The van der Waals surface area contributed by atoms with Gasteiger partial charge in [-0.3, -0.25) is 19.3 Å². The highest BCUT2D eigenvalue weighted by Crippen LogP contribution is 2.25. The van der Waals surface area contributed by atoms with Gasteiger partial charge in [-0.2, -0.15) is 4.31 Å². The maximum Gasteiger partial charge on any atom is 0.251 e. The first-order chi connectivity index (χ1) is 13.8. The van der Waals surface area contributed by atoms with E-state index in [-0.39, 0.29) is 60.2 Å². The fourth-order valence-electron chi connectivity index (χ4n) is 3.78. The predicted octanol–water partition coefficient (Wildman–Crippen LogP) is 1.52. The van der Waals surface area contributed by atoms with Crippen LogP contribution < -0.4 is 5.32 Å². The second-order valence-electron chi connectivity index (χ2n) is 7.54. The summed E-state index contributed by atoms with van der Waals surface area (Å²) in [4.78, 5) is 36.9. The molecule has 1 unspecified atom stereocenters. The molecule has 0 radical (unpaired) electrons. The number of benzene rings is 1. The first-order valence-corrected chi connectivity index (χ1v) is 11.5. The van der Waals surface area contributed by atoms with Gasteiger partial charge in [0.05, 0.1) is 4.90 Å². The van der Waals surface area contributed by atoms with Crippen molar-refractivity contribution >= 4 is 27.7 Å². The Morgan fingerprint density at radius 1 is 1.17 bits per heavy atom. The number of likely N-dealkylation sites (tertiary alicyclic amines) is 1. The standard InChI is InChI=1S/C20H27N3O5S/c1-15-6-2-3-13-23(15)29(27,28)17-8-4-7-16(14-17)20(26)21-11-5-12-22-18(24)9-10-19(22)25/h4,7-8,14-15H,2-3,5-6,9-13H2,1H3,(H,21,26). The summed E-state index contributed by atoms with van der Waals surface area (Å²) >= 11 is 0. The summed E-state index contributed by atoms with van der Waals surface area (Å²) in [5, 5.41) is 2.72. The van der Waals surface area contributed by atoms with Crippen LogP contribution in [0, 0.1) is 0 Å². The minimum atomic E-state index is -3.64. The molecule has 29 heavy (non-hydrogen) atoms. The third kappa shape index (κ3) is 4.84. The monoisotopic (exact) mass is 421 g/mol. The summed E-state index contributed by atoms with van der Waals surface area (Å²) in [6, 6.07) is 6.00. The van der Waals surface area contributed by atoms with Crippen LogP contribution in [0.1, 0.15) is 55.8 Å². The highest BCUT2D eigenvalue weighted by Gasteiger charge is 2.31. The predicted molar refractivity (Wildman–Crippen MR) is 107 cm³/mol. The minimum Gasteiger partial charge on any atom is -0.352 e. The van der Waals surface area contributed by atoms with Crippen LogP contribution in [0.5, 0.6) is 0 Å². The summed E-state index contributed by atoms with van der Waals surface area (Å²) in [7, 11) is -3.64. The lowest BCUT2D eigenvalue weighted by molar-refractivity contribution is -0.138. The first kappa shape index (κ1) is 21.4. The number of sulfonamides is 1. The van der Waals surface area contributed by atoms with E-state index in [1.165, 1.54) is 21.3 Å². The molecule has 8 nitrogen and oxygen atoms in total. The van der Waals surface area contributed by atoms with Gasteiger partial charge in [-0.25, -0.2) is 8.42 Å². The van der Waals surface area contributed by atoms with Crippen molar-refractivity contribution in [1.29, 1.82) is 0 Å². The minimum absolute atomic E-state index is 0.0535. The number of nitrogens with zero attached hydrogens (tertiary/aromatic N) is 2. The fourth-order valence-corrected chi connectivity index (χ4v) is 5.52. The second kappa shape index (κ2) is 9.04. The van der Waals surface area contributed by atoms with Crippen molar-refractivity contribution in [3.63, 3.8) is 0 Å². The van der Waals surface area contributed by atoms with Crippen LogP contribution in [0.4, 0.5) is 0 Å². The Morgan fingerprint density at radius 2 is 1.90 bits per heavy atom. The van der Waals surface area contributed by atoms with Gasteiger partial charge >= 0.3 is 0 Å². The van der Waals surface area contributed by atoms with E-state index in [1.807, 2.05) is 6.92 Å². The van der Waals surface area contributed by atoms with Gasteiger partial charge in [0, 0.05) is 44.1 Å². The van der Waals surface area contributed by atoms with Crippen LogP contribution in [0.25, 0.3) is 0 Å². The van der Waals surface area contributed by atoms with E-state index in [9.17, 15) is 22.8 Å². The third-order valence-electron chi connectivity index (χ3n) is 5.44. The number of carbonyl (C=O) groups excluding carboxylic acids is 3. The molecule has 2 aliphatic heterocycles. The van der Waals surface area contributed by atoms with Gasteiger partial charge in [0.2, 0.25) is 21.8 Å². The fraction of sp³-hybridized carbons (Fsp3) is 0.550. The summed E-state index contributed by atoms with van der Waals surface area (Å²) in [6.45, 7) is 2.96. The van der Waals surface area contributed by atoms with Crippen molar-refractivity contribution in [2.75, 3.05) is 19.6 Å². The second-order valence-corrected chi connectivity index (χ2v) is 9.43. The Bertz CT molecular complexity index is 883. The molecule has 3 rings (SSSR count). The summed E-state index contributed by atoms with van der Waals surface area (Å²) in [5.74, 6) is -0.731. The maximum absolute atomic E-state index is 13.0. The van der Waals surface area contributed by atoms with Crippen LogP contribution in [0.2, 0.25) is 0 Å². The zero-order chi connectivity index (χ0) is 21.0. The molecule has 0 bridgehead atoms. The Kier molecular flexibility index (Phi) is 6.69. The molecule has 3 amide bonds. The topological polar surface area (TPSA) is 104 Å². The molecule has 0 aliphatic carbocycles. The van der Waals surface area contributed by atoms with Crippen LogP contribution in [0.3, 0.4) is 0 Å². The van der Waals surface area contributed by atoms with Crippen molar-refractivity contribution in [3.8, 4) is 0 Å². The van der Waals surface area contributed by atoms with Gasteiger partial charge in [-0.15, -0.1) is 0 Å². The van der Waals surface area contributed by atoms with Crippen molar-refractivity contribution < 1.29 is 22.8 Å². The summed E-state index contributed by atoms with van der Waals surface area (Å²) in [5.41, 5.74) is 0.268. The van der Waals surface area contributed by atoms with Crippen molar-refractivity contribution in [2.24, 2.45) is 0 Å². The molecule has 0 aromatic heterocycles. The zero-order valence-electron chi connectivity index (χ0n) is 16.6. The average molecular weight is 422 g/mol. The van der Waals surface area contributed by atoms with E-state index in [0.29, 0.717) is 13.0 Å². The molecular weight excluding hydrogens is 394 g/mol. The molecule has 158 valence electrons. The molecule has 9 heteroatoms. The van der Waals surface area contributed by atoms with Crippen LogP contribution in [-0.4, -0.2) is 61.0 Å². The molecule has 2 aliphatic rings. The molecule has 1 aromatic carbocycles. The molecule has 0 saturated carbocycles. The lowest BCUT2D eigenvalue weighted by Crippen LogP contribution is -2.42. The Hall–Kier alpha value is -2.26. The van der Waals surface area contributed by atoms with E-state index in [2.05, 4.69) is 5.32 Å². The zero-order valence-corrected chi connectivity index (χ0v) is 17.4. The Balaban J connectivity index is 1.59. The lowest BCUT2D eigenvalue weighted by atomic mass is 10.1. The van der Waals surface area contributed by atoms with Crippen LogP contribution >= 0.6 is 0 Å². The first-order valence-electron chi connectivity index (χ1n) is 10.0. The van der Waals surface area contributed by atoms with Gasteiger partial charge in [0.1, 0.15) is 0 Å². The van der Waals surface area contributed by atoms with E-state index < -0.39 is 10.0 Å². The molecule has 2 heterocycles. The van der Waals surface area contributed by atoms with Crippen molar-refractivity contribution in [2.45, 2.75) is 56.4 Å². The highest BCUT2D eigenvalue weighted by molar-refractivity contribution is 7.89. The largest absolute Gasteiger partial charge is 0.352 e. The molecule has 1 N–H and O–H groups in total. The molecular formula is C20H27N3O5S. The Labute approximate surface area is 171 Å². The number of carbonyl (C=O) groups is 3. The van der Waals surface area contributed by atoms with Crippen LogP contribution in [-0.2, 0) is 19.6 Å². The molecule has 2 saturated heterocycles. The highest BCUT2D eigenvalue weighted by atomic mass is 32.2. The van der Waals surface area contributed by atoms with Gasteiger partial charge in [-0.05, 0) is 44.4 Å². The quantitative estimate of drug-likeness (QED) is 0.531. The van der Waals surface area contributed by atoms with E-state index in [1.54, 1.807) is 12.1 Å². The number of hydrogen-bond acceptors (Lipinski definition) is 5. The number of rotatable bonds is 7. The normalized spacial score (nSPS) is 20.9. The summed E-state index contributed by atoms with van der Waals surface area (Å²) in [6.07, 6.45) is 3.65. The third-order valence-corrected chi connectivity index (χ3v) is 7.45. The molecule has 0 spiro atoms. The number of piperidine rings is 1. The lowest BCUT2D eigenvalue weighted by Gasteiger charge is -2.32. The maximum atomic E-state index is 13.0. The molecule has 1 aromatic rings. The van der Waals surface area contributed by atoms with Gasteiger partial charge in [0.15, 0.2) is 0 Å². The number of nitrogens with one attached hydrogen (secondary N) is 1. The van der Waals surface area contributed by atoms with Crippen molar-refractivity contribution in [1.82, 2.24) is 14.5 Å². The van der Waals surface area contributed by atoms with Crippen molar-refractivity contribution in [3.05, 3.63) is 29.8 Å². The van der Waals surface area contributed by atoms with Gasteiger partial charge < -0.3 is 5.32 Å². The SMILES string of the molecule is CC1CCCCN1S(=O)(=O)c1cccc(C(=O)NCCCN2C(=O)CCC2=O)c1. The number of imide groups is 1. The van der Waals surface area contributed by atoms with Gasteiger partial charge in [-0.1, -0.05) is 12.5 Å². The summed E-state index contributed by atoms with van der Waals surface area (Å²) < 4.78 is 27.4. The van der Waals surface area contributed by atoms with E-state index in [0.717, 1.165) is 19.3 Å². The Morgan fingerprint density at radius 3 is 2.59 bits per heavy atom. The van der Waals surface area contributed by atoms with E-state index in [4.69, 9.17) is 0 Å². The van der Waals surface area contributed by atoms with Crippen LogP contribution in [0.15, 0.2) is 29.2 Å². The van der Waals surface area contributed by atoms with E-state index >= 15 is 0 Å². The number of amides is 3.